The van der Waals surface area contributed by atoms with Crippen molar-refractivity contribution < 1.29 is 9.53 Å². The van der Waals surface area contributed by atoms with Crippen molar-refractivity contribution in [1.29, 1.82) is 0 Å². The number of rotatable bonds is 2. The Morgan fingerprint density at radius 1 is 1.75 bits per heavy atom. The number of hydrogen-bond donors (Lipinski definition) is 0. The molecule has 0 radical (unpaired) electrons. The van der Waals surface area contributed by atoms with Crippen molar-refractivity contribution in [3.63, 3.8) is 0 Å². The minimum Gasteiger partial charge on any atom is -0.465 e. The molecule has 8 heavy (non-hydrogen) atoms. The molecule has 0 fully saturated rings. The zero-order valence-electron chi connectivity index (χ0n) is 4.52. The zero-order valence-corrected chi connectivity index (χ0v) is 6.99. The third kappa shape index (κ3) is 6.24. The first kappa shape index (κ1) is 11.1. The summed E-state index contributed by atoms with van der Waals surface area (Å²) in [4.78, 5) is 10.1. The van der Waals surface area contributed by atoms with Crippen LogP contribution in [-0.4, -0.2) is 18.5 Å². The van der Waals surface area contributed by atoms with Gasteiger partial charge in [-0.25, -0.2) is 0 Å². The molecule has 0 atom stereocenters. The minimum atomic E-state index is -0.357. The normalized spacial score (nSPS) is 7.25. The quantitative estimate of drug-likeness (QED) is 0.500. The van der Waals surface area contributed by atoms with Crippen molar-refractivity contribution in [2.45, 2.75) is 6.92 Å². The molecule has 0 aromatic heterocycles. The Labute approximate surface area is 63.9 Å². The molecule has 0 unspecified atom stereocenters. The fourth-order valence-electron chi connectivity index (χ4n) is 0.200. The van der Waals surface area contributed by atoms with Crippen LogP contribution < -0.4 is 0 Å². The first-order valence-corrected chi connectivity index (χ1v) is 2.56. The molecule has 0 aromatic rings. The second-order valence-corrected chi connectivity index (χ2v) is 1.21. The monoisotopic (exact) mass is 202 g/mol. The highest BCUT2D eigenvalue weighted by Gasteiger charge is 1.93. The van der Waals surface area contributed by atoms with Crippen LogP contribution in [-0.2, 0) is 9.53 Å². The van der Waals surface area contributed by atoms with Crippen molar-refractivity contribution >= 4 is 34.6 Å². The van der Waals surface area contributed by atoms with Crippen LogP contribution in [0, 0.1) is 0 Å². The van der Waals surface area contributed by atoms with Crippen molar-refractivity contribution in [2.24, 2.45) is 0 Å². The van der Waals surface area contributed by atoms with Crippen molar-refractivity contribution in [3.05, 3.63) is 0 Å². The summed E-state index contributed by atoms with van der Waals surface area (Å²) in [7, 11) is 0. The number of ether oxygens (including phenoxy) is 1. The molecule has 0 amide bonds. The summed E-state index contributed by atoms with van der Waals surface area (Å²) < 4.78 is 4.42. The molecule has 0 bridgehead atoms. The molecule has 0 saturated carbocycles. The number of carbonyl (C=O) groups is 1. The van der Waals surface area contributed by atoms with E-state index in [0.29, 0.717) is 6.61 Å². The lowest BCUT2D eigenvalue weighted by molar-refractivity contribution is -0.140. The molecular weight excluding hydrogens is 195 g/mol. The van der Waals surface area contributed by atoms with E-state index < -0.39 is 0 Å². The van der Waals surface area contributed by atoms with Gasteiger partial charge < -0.3 is 4.74 Å². The Kier molecular flexibility index (Phi) is 10.0. The average Bonchev–Trinajstić information content (AvgIpc) is 1.68. The Balaban J connectivity index is 0. The van der Waals surface area contributed by atoms with Gasteiger partial charge in [0.25, 0.3) is 0 Å². The van der Waals surface area contributed by atoms with Gasteiger partial charge in [-0.05, 0) is 6.92 Å². The summed E-state index contributed by atoms with van der Waals surface area (Å²) in [5.74, 6) is -0.405. The van der Waals surface area contributed by atoms with Crippen molar-refractivity contribution in [3.8, 4) is 0 Å². The maximum atomic E-state index is 10.1. The van der Waals surface area contributed by atoms with Crippen LogP contribution >= 0.6 is 28.6 Å². The predicted molar refractivity (Wildman–Crippen MR) is 37.7 cm³/mol. The first-order chi connectivity index (χ1) is 3.31. The summed E-state index contributed by atoms with van der Waals surface area (Å²) in [6.07, 6.45) is 0. The maximum Gasteiger partial charge on any atom is 0.320 e. The van der Waals surface area contributed by atoms with Gasteiger partial charge in [0.15, 0.2) is 0 Å². The van der Waals surface area contributed by atoms with E-state index in [1.54, 1.807) is 6.92 Å². The standard InChI is InChI=1S/C4H7ClO2.BrH/c1-2-7-4(6)3-5;/h2-3H2,1H3;1H. The van der Waals surface area contributed by atoms with Gasteiger partial charge in [-0.2, -0.15) is 0 Å². The highest BCUT2D eigenvalue weighted by Crippen LogP contribution is 1.79. The molecule has 0 N–H and O–H groups in total. The van der Waals surface area contributed by atoms with Gasteiger partial charge >= 0.3 is 5.97 Å². The Morgan fingerprint density at radius 2 is 2.25 bits per heavy atom. The van der Waals surface area contributed by atoms with Gasteiger partial charge in [-0.15, -0.1) is 28.6 Å². The van der Waals surface area contributed by atoms with E-state index in [0.717, 1.165) is 0 Å². The SMILES string of the molecule is Br.CCOC(=O)CCl. The van der Waals surface area contributed by atoms with E-state index in [1.807, 2.05) is 0 Å². The molecule has 0 aliphatic carbocycles. The van der Waals surface area contributed by atoms with E-state index in [1.165, 1.54) is 0 Å². The first-order valence-electron chi connectivity index (χ1n) is 2.02. The van der Waals surface area contributed by atoms with Gasteiger partial charge in [-0.3, -0.25) is 4.79 Å². The number of carbonyl (C=O) groups excluding carboxylic acids is 1. The van der Waals surface area contributed by atoms with E-state index in [9.17, 15) is 4.79 Å². The number of hydrogen-bond acceptors (Lipinski definition) is 2. The fraction of sp³-hybridized carbons (Fsp3) is 0.750. The lowest BCUT2D eigenvalue weighted by Crippen LogP contribution is -2.03. The molecule has 0 heterocycles. The lowest BCUT2D eigenvalue weighted by atomic mass is 10.8. The summed E-state index contributed by atoms with van der Waals surface area (Å²) >= 11 is 5.06. The molecule has 2 nitrogen and oxygen atoms in total. The molecule has 0 saturated heterocycles. The van der Waals surface area contributed by atoms with Crippen LogP contribution in [0.1, 0.15) is 6.92 Å². The second-order valence-electron chi connectivity index (χ2n) is 0.939. The molecule has 0 aliphatic rings. The van der Waals surface area contributed by atoms with Crippen LogP contribution in [0.2, 0.25) is 0 Å². The fourth-order valence-corrected chi connectivity index (χ4v) is 0.277. The lowest BCUT2D eigenvalue weighted by Gasteiger charge is -1.92. The molecule has 4 heteroatoms. The maximum absolute atomic E-state index is 10.1. The highest BCUT2D eigenvalue weighted by molar-refractivity contribution is 8.93. The topological polar surface area (TPSA) is 26.3 Å². The van der Waals surface area contributed by atoms with E-state index in [2.05, 4.69) is 4.74 Å². The van der Waals surface area contributed by atoms with Crippen LogP contribution in [0.5, 0.6) is 0 Å². The smallest absolute Gasteiger partial charge is 0.320 e. The molecule has 0 aliphatic heterocycles. The van der Waals surface area contributed by atoms with Crippen LogP contribution in [0.3, 0.4) is 0 Å². The third-order valence-corrected chi connectivity index (χ3v) is 0.633. The number of halogens is 2. The Bertz CT molecular complexity index is 67.1. The third-order valence-electron chi connectivity index (χ3n) is 0.414. The van der Waals surface area contributed by atoms with Crippen LogP contribution in [0.4, 0.5) is 0 Å². The molecule has 0 rings (SSSR count). The number of alkyl halides is 1. The Morgan fingerprint density at radius 3 is 2.38 bits per heavy atom. The summed E-state index contributed by atoms with van der Waals surface area (Å²) in [6, 6.07) is 0. The van der Waals surface area contributed by atoms with Gasteiger partial charge in [0.1, 0.15) is 5.88 Å². The van der Waals surface area contributed by atoms with E-state index in [-0.39, 0.29) is 28.8 Å². The van der Waals surface area contributed by atoms with Crippen molar-refractivity contribution in [2.75, 3.05) is 12.5 Å². The molecule has 50 valence electrons. The average molecular weight is 203 g/mol. The van der Waals surface area contributed by atoms with Crippen LogP contribution in [0.15, 0.2) is 0 Å². The van der Waals surface area contributed by atoms with Crippen LogP contribution in [0.25, 0.3) is 0 Å². The summed E-state index contributed by atoms with van der Waals surface area (Å²) in [5, 5.41) is 0. The Hall–Kier alpha value is 0.240. The second kappa shape index (κ2) is 7.24. The van der Waals surface area contributed by atoms with E-state index >= 15 is 0 Å². The van der Waals surface area contributed by atoms with Gasteiger partial charge in [-0.1, -0.05) is 0 Å². The predicted octanol–water partition coefficient (Wildman–Crippen LogP) is 1.37. The highest BCUT2D eigenvalue weighted by atomic mass is 79.9. The van der Waals surface area contributed by atoms with E-state index in [4.69, 9.17) is 11.6 Å². The zero-order chi connectivity index (χ0) is 5.70. The molecule has 0 aromatic carbocycles. The summed E-state index contributed by atoms with van der Waals surface area (Å²) in [6.45, 7) is 2.15. The minimum absolute atomic E-state index is 0. The largest absolute Gasteiger partial charge is 0.465 e. The van der Waals surface area contributed by atoms with Crippen molar-refractivity contribution in [1.82, 2.24) is 0 Å². The molecule has 0 spiro atoms. The van der Waals surface area contributed by atoms with Gasteiger partial charge in [0, 0.05) is 0 Å². The summed E-state index contributed by atoms with van der Waals surface area (Å²) in [5.41, 5.74) is 0. The van der Waals surface area contributed by atoms with Gasteiger partial charge in [0.05, 0.1) is 6.61 Å². The molecular formula is C4H8BrClO2. The van der Waals surface area contributed by atoms with Gasteiger partial charge in [0.2, 0.25) is 0 Å². The number of esters is 1.